The molecule has 0 fully saturated rings. The summed E-state index contributed by atoms with van der Waals surface area (Å²) in [5.41, 5.74) is 7.08. The van der Waals surface area contributed by atoms with Crippen LogP contribution in [0.5, 0.6) is 0 Å². The van der Waals surface area contributed by atoms with E-state index < -0.39 is 17.5 Å². The van der Waals surface area contributed by atoms with Gasteiger partial charge in [-0.15, -0.1) is 0 Å². The second-order valence-corrected chi connectivity index (χ2v) is 5.69. The fourth-order valence-corrected chi connectivity index (χ4v) is 2.42. The lowest BCUT2D eigenvalue weighted by molar-refractivity contribution is 0.102. The van der Waals surface area contributed by atoms with Crippen molar-refractivity contribution >= 4 is 28.7 Å². The van der Waals surface area contributed by atoms with E-state index in [9.17, 15) is 13.6 Å². The molecule has 0 saturated carbocycles. The molecule has 0 saturated heterocycles. The summed E-state index contributed by atoms with van der Waals surface area (Å²) < 4.78 is 28.4. The van der Waals surface area contributed by atoms with Crippen LogP contribution in [0.2, 0.25) is 0 Å². The summed E-state index contributed by atoms with van der Waals surface area (Å²) in [6, 6.07) is 11.1. The van der Waals surface area contributed by atoms with Crippen molar-refractivity contribution in [3.63, 3.8) is 0 Å². The number of carbonyl (C=O) groups excluding carboxylic acids is 1. The average Bonchev–Trinajstić information content (AvgIpc) is 2.59. The van der Waals surface area contributed by atoms with Crippen molar-refractivity contribution in [2.45, 2.75) is 6.92 Å². The second-order valence-electron chi connectivity index (χ2n) is 5.69. The van der Waals surface area contributed by atoms with Crippen molar-refractivity contribution in [3.05, 3.63) is 77.6 Å². The largest absolute Gasteiger partial charge is 0.397 e. The molecule has 0 spiro atoms. The number of nitrogens with zero attached hydrogens (tertiary/aromatic N) is 1. The van der Waals surface area contributed by atoms with Gasteiger partial charge in [0.1, 0.15) is 11.4 Å². The molecule has 132 valence electrons. The number of nitrogens with two attached hydrogens (primary N) is 1. The minimum atomic E-state index is -0.838. The topological polar surface area (TPSA) is 80.0 Å². The first-order valence-electron chi connectivity index (χ1n) is 7.78. The number of nitrogens with one attached hydrogen (secondary N) is 2. The van der Waals surface area contributed by atoms with Crippen LogP contribution in [-0.4, -0.2) is 10.9 Å². The molecule has 2 aromatic carbocycles. The lowest BCUT2D eigenvalue weighted by Gasteiger charge is -2.14. The smallest absolute Gasteiger partial charge is 0.260 e. The fraction of sp³-hybridized carbons (Fsp3) is 0.0526. The van der Waals surface area contributed by atoms with Gasteiger partial charge in [-0.25, -0.2) is 8.78 Å². The van der Waals surface area contributed by atoms with Gasteiger partial charge in [0, 0.05) is 0 Å². The summed E-state index contributed by atoms with van der Waals surface area (Å²) in [5, 5.41) is 5.27. The molecule has 0 radical (unpaired) electrons. The first-order valence-corrected chi connectivity index (χ1v) is 7.78. The van der Waals surface area contributed by atoms with Crippen molar-refractivity contribution < 1.29 is 13.6 Å². The van der Waals surface area contributed by atoms with Crippen LogP contribution in [0.25, 0.3) is 0 Å². The van der Waals surface area contributed by atoms with Gasteiger partial charge in [0.05, 0.1) is 35.1 Å². The molecule has 1 amide bonds. The van der Waals surface area contributed by atoms with E-state index in [0.29, 0.717) is 11.4 Å². The van der Waals surface area contributed by atoms with Crippen LogP contribution in [0.3, 0.4) is 0 Å². The zero-order valence-corrected chi connectivity index (χ0v) is 13.9. The summed E-state index contributed by atoms with van der Waals surface area (Å²) in [5.74, 6) is -2.08. The molecule has 0 unspecified atom stereocenters. The quantitative estimate of drug-likeness (QED) is 0.612. The van der Waals surface area contributed by atoms with Gasteiger partial charge >= 0.3 is 0 Å². The second kappa shape index (κ2) is 7.18. The number of hydrogen-bond acceptors (Lipinski definition) is 4. The number of aromatic nitrogens is 1. The van der Waals surface area contributed by atoms with Gasteiger partial charge in [-0.2, -0.15) is 0 Å². The lowest BCUT2D eigenvalue weighted by Crippen LogP contribution is -2.17. The molecule has 26 heavy (non-hydrogen) atoms. The number of nitrogen functional groups attached to an aromatic ring is 1. The summed E-state index contributed by atoms with van der Waals surface area (Å²) in [7, 11) is 0. The van der Waals surface area contributed by atoms with Gasteiger partial charge in [-0.3, -0.25) is 9.78 Å². The van der Waals surface area contributed by atoms with Crippen LogP contribution in [0, 0.1) is 18.6 Å². The van der Waals surface area contributed by atoms with Crippen LogP contribution in [0.1, 0.15) is 15.9 Å². The van der Waals surface area contributed by atoms with Crippen LogP contribution in [0.4, 0.5) is 31.5 Å². The minimum Gasteiger partial charge on any atom is -0.397 e. The maximum atomic E-state index is 14.3. The van der Waals surface area contributed by atoms with E-state index in [-0.39, 0.29) is 16.9 Å². The summed E-state index contributed by atoms with van der Waals surface area (Å²) in [6.07, 6.45) is 2.17. The Morgan fingerprint density at radius 2 is 1.77 bits per heavy atom. The monoisotopic (exact) mass is 354 g/mol. The summed E-state index contributed by atoms with van der Waals surface area (Å²) in [6.45, 7) is 1.75. The molecule has 3 rings (SSSR count). The van der Waals surface area contributed by atoms with Crippen molar-refractivity contribution in [2.24, 2.45) is 0 Å². The lowest BCUT2D eigenvalue weighted by atomic mass is 10.1. The molecule has 0 aliphatic heterocycles. The van der Waals surface area contributed by atoms with Crippen molar-refractivity contribution in [1.82, 2.24) is 4.98 Å². The number of pyridine rings is 1. The predicted octanol–water partition coefficient (Wildman–Crippen LogP) is 4.25. The first-order chi connectivity index (χ1) is 12.5. The van der Waals surface area contributed by atoms with E-state index in [0.717, 1.165) is 11.8 Å². The Hall–Kier alpha value is -3.48. The van der Waals surface area contributed by atoms with E-state index in [4.69, 9.17) is 5.73 Å². The number of benzene rings is 2. The Balaban J connectivity index is 1.94. The number of aryl methyl sites for hydroxylation is 1. The first kappa shape index (κ1) is 17.3. The Bertz CT molecular complexity index is 976. The third-order valence-corrected chi connectivity index (χ3v) is 3.73. The fourth-order valence-electron chi connectivity index (χ4n) is 2.42. The van der Waals surface area contributed by atoms with Gasteiger partial charge in [-0.05, 0) is 36.8 Å². The number of para-hydroxylation sites is 2. The van der Waals surface area contributed by atoms with E-state index in [1.165, 1.54) is 18.3 Å². The zero-order valence-electron chi connectivity index (χ0n) is 13.9. The molecule has 5 nitrogen and oxygen atoms in total. The van der Waals surface area contributed by atoms with E-state index in [1.54, 1.807) is 37.3 Å². The Labute approximate surface area is 148 Å². The molecule has 0 aliphatic rings. The molecule has 0 atom stereocenters. The van der Waals surface area contributed by atoms with Crippen LogP contribution in [0.15, 0.2) is 54.9 Å². The van der Waals surface area contributed by atoms with Crippen LogP contribution < -0.4 is 16.4 Å². The number of rotatable bonds is 4. The van der Waals surface area contributed by atoms with Crippen LogP contribution in [-0.2, 0) is 0 Å². The molecule has 3 aromatic rings. The van der Waals surface area contributed by atoms with Gasteiger partial charge < -0.3 is 16.4 Å². The minimum absolute atomic E-state index is 0.0414. The number of amides is 1. The highest BCUT2D eigenvalue weighted by Crippen LogP contribution is 2.26. The zero-order chi connectivity index (χ0) is 18.7. The molecular weight excluding hydrogens is 338 g/mol. The highest BCUT2D eigenvalue weighted by atomic mass is 19.1. The van der Waals surface area contributed by atoms with Gasteiger partial charge in [0.25, 0.3) is 5.91 Å². The van der Waals surface area contributed by atoms with Crippen molar-refractivity contribution in [3.8, 4) is 0 Å². The highest BCUT2D eigenvalue weighted by molar-refractivity contribution is 6.09. The Morgan fingerprint density at radius 1 is 1.00 bits per heavy atom. The number of anilines is 4. The molecule has 7 heteroatoms. The van der Waals surface area contributed by atoms with Gasteiger partial charge in [0.15, 0.2) is 5.82 Å². The molecule has 0 bridgehead atoms. The summed E-state index contributed by atoms with van der Waals surface area (Å²) >= 11 is 0. The predicted molar refractivity (Wildman–Crippen MR) is 97.4 cm³/mol. The highest BCUT2D eigenvalue weighted by Gasteiger charge is 2.19. The third-order valence-electron chi connectivity index (χ3n) is 3.73. The van der Waals surface area contributed by atoms with E-state index in [2.05, 4.69) is 15.6 Å². The Kier molecular flexibility index (Phi) is 4.79. The average molecular weight is 354 g/mol. The SMILES string of the molecule is Cc1ccc(Nc2cncc(F)c2C(=O)Nc2ccccc2N)c(F)c1. The van der Waals surface area contributed by atoms with Gasteiger partial charge in [0.2, 0.25) is 0 Å². The van der Waals surface area contributed by atoms with Crippen LogP contribution >= 0.6 is 0 Å². The Morgan fingerprint density at radius 3 is 2.50 bits per heavy atom. The van der Waals surface area contributed by atoms with Crippen molar-refractivity contribution in [2.75, 3.05) is 16.4 Å². The molecule has 1 aromatic heterocycles. The number of hydrogen-bond donors (Lipinski definition) is 3. The van der Waals surface area contributed by atoms with E-state index in [1.807, 2.05) is 0 Å². The summed E-state index contributed by atoms with van der Waals surface area (Å²) in [4.78, 5) is 16.3. The number of halogens is 2. The maximum Gasteiger partial charge on any atom is 0.260 e. The molecule has 0 aliphatic carbocycles. The molecule has 4 N–H and O–H groups in total. The standard InChI is InChI=1S/C19H16F2N4O/c1-11-6-7-15(12(20)8-11)24-17-10-23-9-13(21)18(17)19(26)25-16-5-3-2-4-14(16)22/h2-10,24H,22H2,1H3,(H,25,26). The maximum absolute atomic E-state index is 14.3. The van der Waals surface area contributed by atoms with Gasteiger partial charge in [-0.1, -0.05) is 18.2 Å². The third kappa shape index (κ3) is 3.61. The molecule has 1 heterocycles. The number of carbonyl (C=O) groups is 1. The molecular formula is C19H16F2N4O. The normalized spacial score (nSPS) is 10.4. The van der Waals surface area contributed by atoms with E-state index >= 15 is 0 Å². The van der Waals surface area contributed by atoms with Crippen molar-refractivity contribution in [1.29, 1.82) is 0 Å².